The van der Waals surface area contributed by atoms with Crippen molar-refractivity contribution in [2.45, 2.75) is 6.42 Å². The fourth-order valence-electron chi connectivity index (χ4n) is 0.809. The zero-order valence-electron chi connectivity index (χ0n) is 5.58. The third-order valence-electron chi connectivity index (χ3n) is 1.36. The maximum atomic E-state index is 10.9. The summed E-state index contributed by atoms with van der Waals surface area (Å²) in [5.41, 5.74) is 0. The molecule has 1 rings (SSSR count). The summed E-state index contributed by atoms with van der Waals surface area (Å²) in [6, 6.07) is 0. The Morgan fingerprint density at radius 3 is 3.10 bits per heavy atom. The van der Waals surface area contributed by atoms with Gasteiger partial charge in [-0.2, -0.15) is 0 Å². The first-order valence-electron chi connectivity index (χ1n) is 3.14. The van der Waals surface area contributed by atoms with Crippen molar-refractivity contribution in [3.63, 3.8) is 0 Å². The first kappa shape index (κ1) is 7.21. The molecule has 56 valence electrons. The Hall–Kier alpha value is -0.900. The van der Waals surface area contributed by atoms with E-state index in [-0.39, 0.29) is 19.2 Å². The number of rotatable bonds is 2. The minimum Gasteiger partial charge on any atom is -0.360 e. The van der Waals surface area contributed by atoms with Crippen LogP contribution in [0.15, 0.2) is 0 Å². The predicted molar refractivity (Wildman–Crippen MR) is 33.2 cm³/mol. The number of ether oxygens (including phenoxy) is 1. The van der Waals surface area contributed by atoms with E-state index in [0.717, 1.165) is 0 Å². The number of nitrogens with zero attached hydrogens (tertiary/aromatic N) is 1. The molecule has 0 N–H and O–H groups in total. The molecule has 0 bridgehead atoms. The van der Waals surface area contributed by atoms with Crippen LogP contribution in [0, 0.1) is 0 Å². The molecule has 1 aliphatic heterocycles. The smallest absolute Gasteiger partial charge is 0.227 e. The number of hydrogen-bond donors (Lipinski definition) is 0. The summed E-state index contributed by atoms with van der Waals surface area (Å²) in [5, 5.41) is 0. The highest BCUT2D eigenvalue weighted by Crippen LogP contribution is 2.00. The average Bonchev–Trinajstić information content (AvgIpc) is 1.94. The third kappa shape index (κ3) is 1.54. The van der Waals surface area contributed by atoms with E-state index < -0.39 is 0 Å². The van der Waals surface area contributed by atoms with E-state index in [9.17, 15) is 9.59 Å². The Morgan fingerprint density at radius 1 is 1.70 bits per heavy atom. The highest BCUT2D eigenvalue weighted by molar-refractivity contribution is 5.78. The molecule has 4 nitrogen and oxygen atoms in total. The van der Waals surface area contributed by atoms with Crippen molar-refractivity contribution in [2.75, 3.05) is 19.9 Å². The second-order valence-electron chi connectivity index (χ2n) is 2.07. The predicted octanol–water partition coefficient (Wildman–Crippen LogP) is -0.608. The Morgan fingerprint density at radius 2 is 2.50 bits per heavy atom. The van der Waals surface area contributed by atoms with Gasteiger partial charge in [0.1, 0.15) is 13.0 Å². The topological polar surface area (TPSA) is 46.6 Å². The van der Waals surface area contributed by atoms with Crippen LogP contribution in [0.4, 0.5) is 0 Å². The van der Waals surface area contributed by atoms with Crippen LogP contribution in [0.1, 0.15) is 6.42 Å². The molecule has 0 unspecified atom stereocenters. The Kier molecular flexibility index (Phi) is 2.39. The normalized spacial score (nSPS) is 19.2. The summed E-state index contributed by atoms with van der Waals surface area (Å²) < 4.78 is 4.95. The van der Waals surface area contributed by atoms with Crippen LogP contribution in [-0.4, -0.2) is 37.0 Å². The summed E-state index contributed by atoms with van der Waals surface area (Å²) in [6.45, 7) is 0.893. The first-order valence-corrected chi connectivity index (χ1v) is 3.14. The fourth-order valence-corrected chi connectivity index (χ4v) is 0.809. The van der Waals surface area contributed by atoms with Gasteiger partial charge in [-0.15, -0.1) is 0 Å². The van der Waals surface area contributed by atoms with Crippen molar-refractivity contribution in [2.24, 2.45) is 0 Å². The summed E-state index contributed by atoms with van der Waals surface area (Å²) in [7, 11) is 0. The molecule has 0 aromatic rings. The molecule has 1 saturated heterocycles. The lowest BCUT2D eigenvalue weighted by Crippen LogP contribution is -2.39. The molecule has 1 aliphatic rings. The van der Waals surface area contributed by atoms with Gasteiger partial charge in [0.15, 0.2) is 0 Å². The molecule has 0 aromatic heterocycles. The van der Waals surface area contributed by atoms with E-state index >= 15 is 0 Å². The molecular formula is C6H9NO3. The van der Waals surface area contributed by atoms with Crippen molar-refractivity contribution >= 4 is 12.2 Å². The van der Waals surface area contributed by atoms with E-state index in [0.29, 0.717) is 19.3 Å². The average molecular weight is 143 g/mol. The molecule has 0 aliphatic carbocycles. The first-order chi connectivity index (χ1) is 4.84. The zero-order chi connectivity index (χ0) is 7.40. The van der Waals surface area contributed by atoms with Gasteiger partial charge in [-0.05, 0) is 0 Å². The summed E-state index contributed by atoms with van der Waals surface area (Å²) in [4.78, 5) is 22.2. The molecular weight excluding hydrogens is 134 g/mol. The fraction of sp³-hybridized carbons (Fsp3) is 0.667. The van der Waals surface area contributed by atoms with Crippen molar-refractivity contribution in [3.05, 3.63) is 0 Å². The van der Waals surface area contributed by atoms with Crippen molar-refractivity contribution in [3.8, 4) is 0 Å². The molecule has 4 heteroatoms. The number of amides is 1. The Balaban J connectivity index is 2.39. The molecule has 1 heterocycles. The van der Waals surface area contributed by atoms with Gasteiger partial charge >= 0.3 is 0 Å². The summed E-state index contributed by atoms with van der Waals surface area (Å²) in [5.74, 6) is -0.00153. The number of carbonyl (C=O) groups excluding carboxylic acids is 2. The van der Waals surface area contributed by atoms with Crippen molar-refractivity contribution in [1.29, 1.82) is 0 Å². The summed E-state index contributed by atoms with van der Waals surface area (Å²) >= 11 is 0. The van der Waals surface area contributed by atoms with E-state index in [1.807, 2.05) is 0 Å². The number of hydrogen-bond acceptors (Lipinski definition) is 3. The highest BCUT2D eigenvalue weighted by Gasteiger charge is 2.16. The SMILES string of the molecule is O=CCN1COCCC1=O. The van der Waals surface area contributed by atoms with Gasteiger partial charge in [-0.25, -0.2) is 0 Å². The Bertz CT molecular complexity index is 146. The maximum absolute atomic E-state index is 10.9. The molecule has 10 heavy (non-hydrogen) atoms. The monoisotopic (exact) mass is 143 g/mol. The standard InChI is InChI=1S/C6H9NO3/c8-3-2-7-5-10-4-1-6(7)9/h3H,1-2,4-5H2. The lowest BCUT2D eigenvalue weighted by Gasteiger charge is -2.24. The van der Waals surface area contributed by atoms with Crippen molar-refractivity contribution < 1.29 is 14.3 Å². The van der Waals surface area contributed by atoms with Crippen LogP contribution in [0.5, 0.6) is 0 Å². The third-order valence-corrected chi connectivity index (χ3v) is 1.36. The van der Waals surface area contributed by atoms with E-state index in [4.69, 9.17) is 4.74 Å². The quantitative estimate of drug-likeness (QED) is 0.484. The lowest BCUT2D eigenvalue weighted by atomic mass is 10.3. The molecule has 0 atom stereocenters. The van der Waals surface area contributed by atoms with Gasteiger partial charge in [-0.1, -0.05) is 0 Å². The highest BCUT2D eigenvalue weighted by atomic mass is 16.5. The van der Waals surface area contributed by atoms with Gasteiger partial charge < -0.3 is 14.4 Å². The van der Waals surface area contributed by atoms with Gasteiger partial charge in [0, 0.05) is 0 Å². The molecule has 0 radical (unpaired) electrons. The van der Waals surface area contributed by atoms with Gasteiger partial charge in [0.05, 0.1) is 19.6 Å². The van der Waals surface area contributed by atoms with Gasteiger partial charge in [0.2, 0.25) is 5.91 Å². The lowest BCUT2D eigenvalue weighted by molar-refractivity contribution is -0.146. The van der Waals surface area contributed by atoms with Crippen LogP contribution >= 0.6 is 0 Å². The molecule has 0 spiro atoms. The largest absolute Gasteiger partial charge is 0.360 e. The molecule has 0 aromatic carbocycles. The van der Waals surface area contributed by atoms with Crippen LogP contribution in [0.2, 0.25) is 0 Å². The Labute approximate surface area is 58.8 Å². The summed E-state index contributed by atoms with van der Waals surface area (Å²) in [6.07, 6.45) is 1.10. The molecule has 0 saturated carbocycles. The maximum Gasteiger partial charge on any atom is 0.227 e. The van der Waals surface area contributed by atoms with Gasteiger partial charge in [0.25, 0.3) is 0 Å². The number of aldehydes is 1. The van der Waals surface area contributed by atoms with E-state index in [2.05, 4.69) is 0 Å². The zero-order valence-corrected chi connectivity index (χ0v) is 5.58. The van der Waals surface area contributed by atoms with Crippen molar-refractivity contribution in [1.82, 2.24) is 4.90 Å². The van der Waals surface area contributed by atoms with Gasteiger partial charge in [-0.3, -0.25) is 4.79 Å². The second-order valence-corrected chi connectivity index (χ2v) is 2.07. The van der Waals surface area contributed by atoms with Crippen LogP contribution in [0.25, 0.3) is 0 Å². The van der Waals surface area contributed by atoms with Crippen LogP contribution < -0.4 is 0 Å². The molecule has 1 fully saturated rings. The van der Waals surface area contributed by atoms with Crippen LogP contribution in [0.3, 0.4) is 0 Å². The van der Waals surface area contributed by atoms with E-state index in [1.54, 1.807) is 0 Å². The second kappa shape index (κ2) is 3.31. The minimum atomic E-state index is -0.00153. The van der Waals surface area contributed by atoms with Crippen LogP contribution in [-0.2, 0) is 14.3 Å². The minimum absolute atomic E-state index is 0.00153. The molecule has 1 amide bonds. The van der Waals surface area contributed by atoms with E-state index in [1.165, 1.54) is 4.90 Å². The number of carbonyl (C=O) groups is 2.